The fourth-order valence-electron chi connectivity index (χ4n) is 2.28. The van der Waals surface area contributed by atoms with Crippen molar-refractivity contribution in [3.63, 3.8) is 0 Å². The van der Waals surface area contributed by atoms with Crippen molar-refractivity contribution in [1.29, 1.82) is 0 Å². The Kier molecular flexibility index (Phi) is 3.46. The van der Waals surface area contributed by atoms with E-state index < -0.39 is 0 Å². The molecule has 0 atom stereocenters. The highest BCUT2D eigenvalue weighted by atomic mass is 15.4. The van der Waals surface area contributed by atoms with Gasteiger partial charge in [-0.1, -0.05) is 0 Å². The Hall–Kier alpha value is -2.22. The predicted molar refractivity (Wildman–Crippen MR) is 75.6 cm³/mol. The molecule has 2 aromatic rings. The summed E-state index contributed by atoms with van der Waals surface area (Å²) in [7, 11) is 0. The van der Waals surface area contributed by atoms with Crippen LogP contribution in [0.5, 0.6) is 0 Å². The zero-order chi connectivity index (χ0) is 13.9. The van der Waals surface area contributed by atoms with Crippen molar-refractivity contribution in [2.75, 3.05) is 23.4 Å². The number of nitrogens with zero attached hydrogens (tertiary/aromatic N) is 6. The van der Waals surface area contributed by atoms with Crippen LogP contribution in [0.3, 0.4) is 0 Å². The zero-order valence-corrected chi connectivity index (χ0v) is 11.5. The van der Waals surface area contributed by atoms with Crippen LogP contribution >= 0.6 is 0 Å². The summed E-state index contributed by atoms with van der Waals surface area (Å²) in [5, 5.41) is 4.22. The molecule has 8 heteroatoms. The Labute approximate surface area is 117 Å². The van der Waals surface area contributed by atoms with Crippen molar-refractivity contribution < 1.29 is 0 Å². The molecule has 0 aromatic carbocycles. The molecule has 3 heterocycles. The number of nitrogen functional groups attached to an aromatic ring is 1. The van der Waals surface area contributed by atoms with Gasteiger partial charge in [0, 0.05) is 19.3 Å². The minimum Gasteiger partial charge on any atom is -0.341 e. The summed E-state index contributed by atoms with van der Waals surface area (Å²) in [5.41, 5.74) is 3.54. The van der Waals surface area contributed by atoms with E-state index >= 15 is 0 Å². The third-order valence-corrected chi connectivity index (χ3v) is 3.30. The van der Waals surface area contributed by atoms with Crippen LogP contribution < -0.4 is 16.2 Å². The first-order valence-electron chi connectivity index (χ1n) is 6.75. The molecule has 3 rings (SSSR count). The summed E-state index contributed by atoms with van der Waals surface area (Å²) in [5.74, 6) is 6.92. The van der Waals surface area contributed by atoms with E-state index in [2.05, 4.69) is 30.4 Å². The van der Waals surface area contributed by atoms with E-state index in [-0.39, 0.29) is 0 Å². The van der Waals surface area contributed by atoms with Gasteiger partial charge in [0.2, 0.25) is 11.9 Å². The predicted octanol–water partition coefficient (Wildman–Crippen LogP) is 0.642. The molecular formula is C12H18N8. The Morgan fingerprint density at radius 3 is 2.50 bits per heavy atom. The van der Waals surface area contributed by atoms with Gasteiger partial charge in [0.05, 0.1) is 6.20 Å². The van der Waals surface area contributed by atoms with Crippen LogP contribution in [-0.4, -0.2) is 37.8 Å². The Morgan fingerprint density at radius 1 is 1.10 bits per heavy atom. The second-order valence-electron chi connectivity index (χ2n) is 4.91. The van der Waals surface area contributed by atoms with Crippen LogP contribution in [0.15, 0.2) is 12.4 Å². The molecule has 0 saturated carbocycles. The van der Waals surface area contributed by atoms with Gasteiger partial charge in [-0.05, 0) is 31.7 Å². The number of nitrogens with two attached hydrogens (primary N) is 1. The highest BCUT2D eigenvalue weighted by Crippen LogP contribution is 2.17. The van der Waals surface area contributed by atoms with Crippen molar-refractivity contribution >= 4 is 11.9 Å². The topological polar surface area (TPSA) is 97.8 Å². The van der Waals surface area contributed by atoms with Crippen LogP contribution in [0.4, 0.5) is 11.9 Å². The molecular weight excluding hydrogens is 256 g/mol. The second-order valence-corrected chi connectivity index (χ2v) is 4.91. The van der Waals surface area contributed by atoms with E-state index in [0.717, 1.165) is 31.5 Å². The van der Waals surface area contributed by atoms with E-state index in [1.165, 1.54) is 6.42 Å². The summed E-state index contributed by atoms with van der Waals surface area (Å²) in [6.07, 6.45) is 7.21. The molecule has 0 aliphatic carbocycles. The second kappa shape index (κ2) is 5.41. The van der Waals surface area contributed by atoms with Crippen molar-refractivity contribution in [3.8, 4) is 5.95 Å². The van der Waals surface area contributed by atoms with Gasteiger partial charge in [-0.2, -0.15) is 20.1 Å². The fraction of sp³-hybridized carbons (Fsp3) is 0.500. The number of rotatable bonds is 3. The normalized spacial score (nSPS) is 15.4. The quantitative estimate of drug-likeness (QED) is 0.626. The van der Waals surface area contributed by atoms with Gasteiger partial charge in [-0.15, -0.1) is 0 Å². The van der Waals surface area contributed by atoms with Crippen molar-refractivity contribution in [2.24, 2.45) is 5.84 Å². The minimum atomic E-state index is 0.351. The molecule has 2 aromatic heterocycles. The monoisotopic (exact) mass is 274 g/mol. The summed E-state index contributed by atoms with van der Waals surface area (Å²) < 4.78 is 1.63. The molecule has 0 spiro atoms. The maximum Gasteiger partial charge on any atom is 0.257 e. The number of hydrogen-bond donors (Lipinski definition) is 2. The third kappa shape index (κ3) is 2.55. The lowest BCUT2D eigenvalue weighted by molar-refractivity contribution is 0.566. The number of hydrogen-bond acceptors (Lipinski definition) is 7. The molecule has 106 valence electrons. The van der Waals surface area contributed by atoms with E-state index in [1.54, 1.807) is 10.9 Å². The van der Waals surface area contributed by atoms with E-state index in [1.807, 2.05) is 13.1 Å². The number of hydrazine groups is 1. The number of anilines is 2. The van der Waals surface area contributed by atoms with Gasteiger partial charge in [0.25, 0.3) is 5.95 Å². The largest absolute Gasteiger partial charge is 0.341 e. The number of nitrogens with one attached hydrogen (secondary N) is 1. The van der Waals surface area contributed by atoms with Gasteiger partial charge in [-0.3, -0.25) is 5.43 Å². The minimum absolute atomic E-state index is 0.351. The first-order chi connectivity index (χ1) is 9.76. The highest BCUT2D eigenvalue weighted by molar-refractivity contribution is 5.39. The first kappa shape index (κ1) is 12.8. The van der Waals surface area contributed by atoms with Crippen LogP contribution in [0.2, 0.25) is 0 Å². The van der Waals surface area contributed by atoms with Crippen LogP contribution in [0.1, 0.15) is 24.8 Å². The summed E-state index contributed by atoms with van der Waals surface area (Å²) in [4.78, 5) is 15.2. The highest BCUT2D eigenvalue weighted by Gasteiger charge is 2.16. The molecule has 1 aliphatic heterocycles. The molecule has 1 fully saturated rings. The Morgan fingerprint density at radius 2 is 1.85 bits per heavy atom. The fourth-order valence-corrected chi connectivity index (χ4v) is 2.28. The number of aromatic nitrogens is 5. The summed E-state index contributed by atoms with van der Waals surface area (Å²) in [6.45, 7) is 3.90. The molecule has 1 saturated heterocycles. The lowest BCUT2D eigenvalue weighted by Gasteiger charge is -2.26. The smallest absolute Gasteiger partial charge is 0.257 e. The molecule has 20 heavy (non-hydrogen) atoms. The molecule has 1 aliphatic rings. The standard InChI is InChI=1S/C12H18N8/c1-9-7-14-20(8-9)12-16-10(18-13)15-11(17-12)19-5-3-2-4-6-19/h7-8H,2-6,13H2,1H3,(H,15,16,17,18). The molecule has 0 bridgehead atoms. The Bertz CT molecular complexity index is 587. The van der Waals surface area contributed by atoms with Crippen molar-refractivity contribution in [3.05, 3.63) is 18.0 Å². The lowest BCUT2D eigenvalue weighted by atomic mass is 10.1. The maximum atomic E-state index is 5.45. The van der Waals surface area contributed by atoms with E-state index in [9.17, 15) is 0 Å². The Balaban J connectivity index is 1.97. The average Bonchev–Trinajstić information content (AvgIpc) is 2.94. The molecule has 8 nitrogen and oxygen atoms in total. The summed E-state index contributed by atoms with van der Waals surface area (Å²) in [6, 6.07) is 0. The lowest BCUT2D eigenvalue weighted by Crippen LogP contribution is -2.32. The maximum absolute atomic E-state index is 5.45. The van der Waals surface area contributed by atoms with Gasteiger partial charge in [-0.25, -0.2) is 10.5 Å². The van der Waals surface area contributed by atoms with Crippen LogP contribution in [-0.2, 0) is 0 Å². The van der Waals surface area contributed by atoms with Gasteiger partial charge in [0.15, 0.2) is 0 Å². The SMILES string of the molecule is Cc1cnn(-c2nc(NN)nc(N3CCCCC3)n2)c1. The number of piperidine rings is 1. The number of aryl methyl sites for hydroxylation is 1. The van der Waals surface area contributed by atoms with E-state index in [4.69, 9.17) is 5.84 Å². The molecule has 3 N–H and O–H groups in total. The van der Waals surface area contributed by atoms with Crippen molar-refractivity contribution in [2.45, 2.75) is 26.2 Å². The van der Waals surface area contributed by atoms with E-state index in [0.29, 0.717) is 17.8 Å². The average molecular weight is 274 g/mol. The molecule has 0 radical (unpaired) electrons. The molecule has 0 unspecified atom stereocenters. The third-order valence-electron chi connectivity index (χ3n) is 3.30. The van der Waals surface area contributed by atoms with Gasteiger partial charge < -0.3 is 4.90 Å². The molecule has 0 amide bonds. The van der Waals surface area contributed by atoms with Gasteiger partial charge in [0.1, 0.15) is 0 Å². The zero-order valence-electron chi connectivity index (χ0n) is 11.5. The van der Waals surface area contributed by atoms with Crippen LogP contribution in [0, 0.1) is 6.92 Å². The first-order valence-corrected chi connectivity index (χ1v) is 6.75. The van der Waals surface area contributed by atoms with Crippen molar-refractivity contribution in [1.82, 2.24) is 24.7 Å². The van der Waals surface area contributed by atoms with Crippen LogP contribution in [0.25, 0.3) is 5.95 Å². The summed E-state index contributed by atoms with van der Waals surface area (Å²) >= 11 is 0. The van der Waals surface area contributed by atoms with Gasteiger partial charge >= 0.3 is 0 Å².